The lowest BCUT2D eigenvalue weighted by atomic mass is 10.1. The summed E-state index contributed by atoms with van der Waals surface area (Å²) < 4.78 is 16.7. The lowest BCUT2D eigenvalue weighted by molar-refractivity contribution is -0.105. The summed E-state index contributed by atoms with van der Waals surface area (Å²) in [6.45, 7) is 0.711. The average molecular weight is 318 g/mol. The minimum absolute atomic E-state index is 0. The molecule has 2 atom stereocenters. The molecule has 2 unspecified atom stereocenters. The predicted octanol–water partition coefficient (Wildman–Crippen LogP) is 1.88. The van der Waals surface area contributed by atoms with Crippen molar-refractivity contribution in [3.05, 3.63) is 23.8 Å². The Hall–Kier alpha value is -1.01. The van der Waals surface area contributed by atoms with Gasteiger partial charge >= 0.3 is 0 Å². The zero-order valence-electron chi connectivity index (χ0n) is 12.3. The van der Waals surface area contributed by atoms with E-state index in [2.05, 4.69) is 0 Å². The van der Waals surface area contributed by atoms with E-state index in [4.69, 9.17) is 25.1 Å². The monoisotopic (exact) mass is 317 g/mol. The van der Waals surface area contributed by atoms with E-state index >= 15 is 0 Å². The molecule has 5 nitrogen and oxygen atoms in total. The molecule has 1 fully saturated rings. The minimum Gasteiger partial charge on any atom is -0.496 e. The number of rotatable bonds is 6. The van der Waals surface area contributed by atoms with E-state index in [1.165, 1.54) is 0 Å². The number of benzene rings is 1. The average Bonchev–Trinajstić information content (AvgIpc) is 2.49. The van der Waals surface area contributed by atoms with Crippen LogP contribution >= 0.6 is 12.4 Å². The molecule has 0 spiro atoms. The lowest BCUT2D eigenvalue weighted by Crippen LogP contribution is -2.27. The molecule has 0 saturated carbocycles. The molecule has 6 heteroatoms. The van der Waals surface area contributed by atoms with Crippen LogP contribution in [0.2, 0.25) is 0 Å². The molecule has 120 valence electrons. The molecule has 1 aliphatic rings. The maximum atomic E-state index is 9.02. The van der Waals surface area contributed by atoms with Crippen molar-refractivity contribution in [2.75, 3.05) is 20.3 Å². The molecule has 3 N–H and O–H groups in total. The third-order valence-electron chi connectivity index (χ3n) is 3.38. The summed E-state index contributed by atoms with van der Waals surface area (Å²) in [6, 6.07) is 5.38. The van der Waals surface area contributed by atoms with Crippen LogP contribution in [0.25, 0.3) is 0 Å². The van der Waals surface area contributed by atoms with Crippen molar-refractivity contribution in [1.82, 2.24) is 0 Å². The maximum absolute atomic E-state index is 9.02. The van der Waals surface area contributed by atoms with Gasteiger partial charge in [0.15, 0.2) is 6.29 Å². The second-order valence-corrected chi connectivity index (χ2v) is 5.03. The Morgan fingerprint density at radius 2 is 2.24 bits per heavy atom. The Bertz CT molecular complexity index is 424. The van der Waals surface area contributed by atoms with E-state index < -0.39 is 0 Å². The van der Waals surface area contributed by atoms with Crippen LogP contribution in [0.15, 0.2) is 18.2 Å². The van der Waals surface area contributed by atoms with Gasteiger partial charge in [-0.25, -0.2) is 0 Å². The van der Waals surface area contributed by atoms with Crippen LogP contribution in [0.1, 0.15) is 24.8 Å². The summed E-state index contributed by atoms with van der Waals surface area (Å²) >= 11 is 0. The summed E-state index contributed by atoms with van der Waals surface area (Å²) in [5, 5.41) is 9.02. The third kappa shape index (κ3) is 5.36. The normalized spacial score (nSPS) is 19.5. The molecule has 1 aromatic carbocycles. The number of methoxy groups -OCH3 is 1. The van der Waals surface area contributed by atoms with E-state index in [0.29, 0.717) is 6.42 Å². The van der Waals surface area contributed by atoms with Crippen LogP contribution in [0, 0.1) is 0 Å². The highest BCUT2D eigenvalue weighted by Gasteiger charge is 2.16. The van der Waals surface area contributed by atoms with Crippen LogP contribution in [-0.2, 0) is 11.2 Å². The molecule has 0 radical (unpaired) electrons. The zero-order chi connectivity index (χ0) is 14.4. The SMILES string of the molecule is COc1cc(OC2CCCCO2)ccc1CC(N)CO.Cl. The predicted molar refractivity (Wildman–Crippen MR) is 83.2 cm³/mol. The van der Waals surface area contributed by atoms with E-state index in [-0.39, 0.29) is 31.3 Å². The molecular weight excluding hydrogens is 294 g/mol. The first-order valence-electron chi connectivity index (χ1n) is 7.04. The Morgan fingerprint density at radius 1 is 1.43 bits per heavy atom. The molecule has 0 aromatic heterocycles. The Labute approximate surface area is 131 Å². The van der Waals surface area contributed by atoms with Crippen LogP contribution in [0.5, 0.6) is 11.5 Å². The quantitative estimate of drug-likeness (QED) is 0.838. The first-order valence-corrected chi connectivity index (χ1v) is 7.04. The van der Waals surface area contributed by atoms with Gasteiger partial charge in [-0.1, -0.05) is 6.07 Å². The fourth-order valence-corrected chi connectivity index (χ4v) is 2.27. The first-order chi connectivity index (χ1) is 9.72. The fourth-order valence-electron chi connectivity index (χ4n) is 2.27. The van der Waals surface area contributed by atoms with Gasteiger partial charge in [-0.05, 0) is 30.9 Å². The van der Waals surface area contributed by atoms with Crippen molar-refractivity contribution in [2.45, 2.75) is 38.0 Å². The molecule has 0 aliphatic carbocycles. The molecule has 1 aromatic rings. The van der Waals surface area contributed by atoms with E-state index in [0.717, 1.165) is 42.9 Å². The molecule has 21 heavy (non-hydrogen) atoms. The molecule has 1 heterocycles. The highest BCUT2D eigenvalue weighted by atomic mass is 35.5. The zero-order valence-corrected chi connectivity index (χ0v) is 13.1. The number of hydrogen-bond acceptors (Lipinski definition) is 5. The topological polar surface area (TPSA) is 73.9 Å². The van der Waals surface area contributed by atoms with Crippen molar-refractivity contribution >= 4 is 12.4 Å². The van der Waals surface area contributed by atoms with Gasteiger partial charge in [0.1, 0.15) is 11.5 Å². The summed E-state index contributed by atoms with van der Waals surface area (Å²) in [5.41, 5.74) is 6.72. The standard InChI is InChI=1S/C15H23NO4.ClH/c1-18-14-9-13(20-15-4-2-3-7-19-15)6-5-11(14)8-12(16)10-17;/h5-6,9,12,15,17H,2-4,7-8,10,16H2,1H3;1H. The summed E-state index contributed by atoms with van der Waals surface area (Å²) in [7, 11) is 1.62. The second kappa shape index (κ2) is 9.10. The van der Waals surface area contributed by atoms with Gasteiger partial charge in [0.2, 0.25) is 0 Å². The van der Waals surface area contributed by atoms with Crippen LogP contribution < -0.4 is 15.2 Å². The smallest absolute Gasteiger partial charge is 0.199 e. The van der Waals surface area contributed by atoms with Gasteiger partial charge in [-0.2, -0.15) is 0 Å². The number of nitrogens with two attached hydrogens (primary N) is 1. The van der Waals surface area contributed by atoms with Crippen LogP contribution in [-0.4, -0.2) is 37.8 Å². The van der Waals surface area contributed by atoms with Gasteiger partial charge in [0, 0.05) is 18.5 Å². The van der Waals surface area contributed by atoms with Crippen molar-refractivity contribution < 1.29 is 19.3 Å². The summed E-state index contributed by atoms with van der Waals surface area (Å²) in [6.07, 6.45) is 3.55. The molecule has 1 saturated heterocycles. The molecule has 1 aliphatic heterocycles. The highest BCUT2D eigenvalue weighted by molar-refractivity contribution is 5.85. The minimum atomic E-state index is -0.280. The number of ether oxygens (including phenoxy) is 3. The van der Waals surface area contributed by atoms with Crippen LogP contribution in [0.4, 0.5) is 0 Å². The number of aliphatic hydroxyl groups is 1. The number of aliphatic hydroxyl groups excluding tert-OH is 1. The summed E-state index contributed by atoms with van der Waals surface area (Å²) in [5.74, 6) is 1.46. The van der Waals surface area contributed by atoms with Crippen LogP contribution in [0.3, 0.4) is 0 Å². The van der Waals surface area contributed by atoms with Gasteiger partial charge in [0.25, 0.3) is 0 Å². The fraction of sp³-hybridized carbons (Fsp3) is 0.600. The number of halogens is 1. The van der Waals surface area contributed by atoms with Crippen molar-refractivity contribution in [3.8, 4) is 11.5 Å². The van der Waals surface area contributed by atoms with E-state index in [1.807, 2.05) is 18.2 Å². The second-order valence-electron chi connectivity index (χ2n) is 5.03. The van der Waals surface area contributed by atoms with Gasteiger partial charge < -0.3 is 25.1 Å². The summed E-state index contributed by atoms with van der Waals surface area (Å²) in [4.78, 5) is 0. The van der Waals surface area contributed by atoms with Crippen molar-refractivity contribution in [3.63, 3.8) is 0 Å². The van der Waals surface area contributed by atoms with Gasteiger partial charge in [-0.15, -0.1) is 12.4 Å². The molecule has 0 amide bonds. The Kier molecular flexibility index (Phi) is 7.82. The lowest BCUT2D eigenvalue weighted by Gasteiger charge is -2.24. The first kappa shape index (κ1) is 18.0. The molecule has 0 bridgehead atoms. The largest absolute Gasteiger partial charge is 0.496 e. The van der Waals surface area contributed by atoms with E-state index in [1.54, 1.807) is 7.11 Å². The van der Waals surface area contributed by atoms with E-state index in [9.17, 15) is 0 Å². The Balaban J connectivity index is 0.00000220. The third-order valence-corrected chi connectivity index (χ3v) is 3.38. The maximum Gasteiger partial charge on any atom is 0.199 e. The highest BCUT2D eigenvalue weighted by Crippen LogP contribution is 2.27. The number of hydrogen-bond donors (Lipinski definition) is 2. The Morgan fingerprint density at radius 3 is 2.86 bits per heavy atom. The molecule has 2 rings (SSSR count). The van der Waals surface area contributed by atoms with Gasteiger partial charge in [0.05, 0.1) is 20.3 Å². The van der Waals surface area contributed by atoms with Gasteiger partial charge in [-0.3, -0.25) is 0 Å². The van der Waals surface area contributed by atoms with Crippen molar-refractivity contribution in [1.29, 1.82) is 0 Å². The van der Waals surface area contributed by atoms with Crippen molar-refractivity contribution in [2.24, 2.45) is 5.73 Å². The molecular formula is C15H24ClNO4.